The predicted molar refractivity (Wildman–Crippen MR) is 51.5 cm³/mol. The minimum atomic E-state index is -3.81. The van der Waals surface area contributed by atoms with E-state index in [0.717, 1.165) is 0 Å². The van der Waals surface area contributed by atoms with E-state index in [0.29, 0.717) is 12.3 Å². The highest BCUT2D eigenvalue weighted by atomic mass is 35.5. The summed E-state index contributed by atoms with van der Waals surface area (Å²) in [5, 5.41) is -0.728. The van der Waals surface area contributed by atoms with Gasteiger partial charge < -0.3 is 0 Å². The van der Waals surface area contributed by atoms with Gasteiger partial charge in [0.05, 0.1) is 11.9 Å². The summed E-state index contributed by atoms with van der Waals surface area (Å²) in [6, 6.07) is 0.487. The van der Waals surface area contributed by atoms with E-state index in [-0.39, 0.29) is 18.1 Å². The zero-order chi connectivity index (χ0) is 11.5. The van der Waals surface area contributed by atoms with Crippen molar-refractivity contribution in [3.8, 4) is 0 Å². The van der Waals surface area contributed by atoms with Gasteiger partial charge in [-0.25, -0.2) is 22.2 Å². The number of halogens is 3. The number of rotatable bonds is 4. The van der Waals surface area contributed by atoms with Gasteiger partial charge in [0.25, 0.3) is 0 Å². The Morgan fingerprint density at radius 1 is 1.40 bits per heavy atom. The molecule has 0 saturated carbocycles. The molecule has 0 radical (unpaired) electrons. The second-order valence-corrected chi connectivity index (χ2v) is 5.20. The lowest BCUT2D eigenvalue weighted by Gasteiger charge is -2.03. The van der Waals surface area contributed by atoms with Crippen LogP contribution in [-0.2, 0) is 9.84 Å². The van der Waals surface area contributed by atoms with E-state index >= 15 is 0 Å². The highest BCUT2D eigenvalue weighted by Crippen LogP contribution is 2.14. The Bertz CT molecular complexity index is 450. The molecule has 0 amide bonds. The van der Waals surface area contributed by atoms with Crippen molar-refractivity contribution in [1.82, 2.24) is 4.98 Å². The van der Waals surface area contributed by atoms with Gasteiger partial charge in [-0.1, -0.05) is 0 Å². The van der Waals surface area contributed by atoms with Crippen molar-refractivity contribution in [3.05, 3.63) is 23.9 Å². The van der Waals surface area contributed by atoms with Gasteiger partial charge in [0.2, 0.25) is 0 Å². The van der Waals surface area contributed by atoms with Gasteiger partial charge in [-0.05, 0) is 6.42 Å². The van der Waals surface area contributed by atoms with E-state index < -0.39 is 26.5 Å². The molecule has 0 fully saturated rings. The summed E-state index contributed by atoms with van der Waals surface area (Å²) in [5.41, 5.74) is 0. The fourth-order valence-electron chi connectivity index (χ4n) is 0.972. The number of alkyl halides is 1. The largest absolute Gasteiger partial charge is 0.239 e. The number of sulfone groups is 1. The van der Waals surface area contributed by atoms with Crippen LogP contribution in [0.2, 0.25) is 0 Å². The number of hydrogen-bond acceptors (Lipinski definition) is 3. The van der Waals surface area contributed by atoms with Crippen LogP contribution in [0.1, 0.15) is 6.42 Å². The zero-order valence-electron chi connectivity index (χ0n) is 7.58. The molecule has 3 nitrogen and oxygen atoms in total. The van der Waals surface area contributed by atoms with Gasteiger partial charge in [0.15, 0.2) is 20.7 Å². The van der Waals surface area contributed by atoms with Gasteiger partial charge in [-0.15, -0.1) is 11.6 Å². The second-order valence-electron chi connectivity index (χ2n) is 2.80. The first kappa shape index (κ1) is 12.3. The van der Waals surface area contributed by atoms with E-state index in [9.17, 15) is 17.2 Å². The third kappa shape index (κ3) is 3.10. The molecule has 0 unspecified atom stereocenters. The monoisotopic (exact) mass is 255 g/mol. The van der Waals surface area contributed by atoms with Crippen LogP contribution in [0, 0.1) is 11.6 Å². The van der Waals surface area contributed by atoms with Crippen molar-refractivity contribution >= 4 is 21.4 Å². The Kier molecular flexibility index (Phi) is 3.98. The highest BCUT2D eigenvalue weighted by Gasteiger charge is 2.20. The molecule has 0 aliphatic carbocycles. The minimum absolute atomic E-state index is 0.155. The van der Waals surface area contributed by atoms with Gasteiger partial charge in [-0.3, -0.25) is 0 Å². The fourth-order valence-corrected chi connectivity index (χ4v) is 2.55. The average molecular weight is 256 g/mol. The van der Waals surface area contributed by atoms with Crippen LogP contribution in [0.5, 0.6) is 0 Å². The average Bonchev–Trinajstić information content (AvgIpc) is 2.14. The molecular weight excluding hydrogens is 248 g/mol. The van der Waals surface area contributed by atoms with Gasteiger partial charge in [0.1, 0.15) is 5.82 Å². The van der Waals surface area contributed by atoms with E-state index in [1.54, 1.807) is 0 Å². The van der Waals surface area contributed by atoms with Crippen molar-refractivity contribution < 1.29 is 17.2 Å². The van der Waals surface area contributed by atoms with Gasteiger partial charge >= 0.3 is 0 Å². The lowest BCUT2D eigenvalue weighted by molar-refractivity contribution is 0.530. The summed E-state index contributed by atoms with van der Waals surface area (Å²) in [7, 11) is -3.81. The van der Waals surface area contributed by atoms with E-state index in [1.807, 2.05) is 0 Å². The molecule has 0 bridgehead atoms. The zero-order valence-corrected chi connectivity index (χ0v) is 9.15. The summed E-state index contributed by atoms with van der Waals surface area (Å²) in [4.78, 5) is 3.22. The fraction of sp³-hybridized carbons (Fsp3) is 0.375. The second kappa shape index (κ2) is 4.85. The summed E-state index contributed by atoms with van der Waals surface area (Å²) >= 11 is 5.32. The summed E-state index contributed by atoms with van der Waals surface area (Å²) in [6.07, 6.45) is 0.860. The lowest BCUT2D eigenvalue weighted by atomic mass is 10.5. The number of pyridine rings is 1. The maximum absolute atomic E-state index is 13.1. The van der Waals surface area contributed by atoms with E-state index in [4.69, 9.17) is 11.6 Å². The lowest BCUT2D eigenvalue weighted by Crippen LogP contribution is -2.11. The van der Waals surface area contributed by atoms with Crippen LogP contribution in [0.15, 0.2) is 17.3 Å². The Balaban J connectivity index is 3.05. The molecule has 0 saturated heterocycles. The first-order chi connectivity index (χ1) is 6.97. The molecule has 84 valence electrons. The van der Waals surface area contributed by atoms with Crippen LogP contribution < -0.4 is 0 Å². The Labute approximate surface area is 91.0 Å². The first-order valence-corrected chi connectivity index (χ1v) is 6.26. The molecule has 0 aliphatic rings. The number of nitrogens with zero attached hydrogens (tertiary/aromatic N) is 1. The quantitative estimate of drug-likeness (QED) is 0.771. The molecule has 0 aromatic carbocycles. The summed E-state index contributed by atoms with van der Waals surface area (Å²) in [6.45, 7) is 0. The molecule has 0 N–H and O–H groups in total. The normalized spacial score (nSPS) is 11.7. The predicted octanol–water partition coefficient (Wildman–Crippen LogP) is 1.76. The molecule has 0 atom stereocenters. The van der Waals surface area contributed by atoms with Gasteiger partial charge in [0, 0.05) is 11.9 Å². The number of aromatic nitrogens is 1. The Hall–Kier alpha value is -0.750. The third-order valence-corrected chi connectivity index (χ3v) is 3.60. The molecule has 1 heterocycles. The molecule has 15 heavy (non-hydrogen) atoms. The van der Waals surface area contributed by atoms with Crippen molar-refractivity contribution in [2.24, 2.45) is 0 Å². The topological polar surface area (TPSA) is 47.0 Å². The maximum atomic E-state index is 13.1. The molecule has 1 rings (SSSR count). The van der Waals surface area contributed by atoms with Crippen LogP contribution in [-0.4, -0.2) is 25.0 Å². The molecular formula is C8H8ClF2NO2S. The first-order valence-electron chi connectivity index (χ1n) is 4.07. The maximum Gasteiger partial charge on any atom is 0.198 e. The molecule has 0 spiro atoms. The van der Waals surface area contributed by atoms with Crippen molar-refractivity contribution in [2.45, 2.75) is 11.4 Å². The SMILES string of the molecule is O=S(=O)(CCCCl)c1ncc(F)cc1F. The molecule has 1 aromatic rings. The summed E-state index contributed by atoms with van der Waals surface area (Å²) < 4.78 is 48.4. The third-order valence-electron chi connectivity index (χ3n) is 1.62. The van der Waals surface area contributed by atoms with Crippen LogP contribution in [0.25, 0.3) is 0 Å². The van der Waals surface area contributed by atoms with Gasteiger partial charge in [-0.2, -0.15) is 0 Å². The standard InChI is InChI=1S/C8H8ClF2NO2S/c9-2-1-3-15(13,14)8-7(11)4-6(10)5-12-8/h4-5H,1-3H2. The minimum Gasteiger partial charge on any atom is -0.239 e. The Morgan fingerprint density at radius 2 is 2.07 bits per heavy atom. The smallest absolute Gasteiger partial charge is 0.198 e. The van der Waals surface area contributed by atoms with Crippen LogP contribution >= 0.6 is 11.6 Å². The van der Waals surface area contributed by atoms with Crippen molar-refractivity contribution in [2.75, 3.05) is 11.6 Å². The summed E-state index contributed by atoms with van der Waals surface area (Å²) in [5.74, 6) is -2.23. The Morgan fingerprint density at radius 3 is 2.60 bits per heavy atom. The molecule has 1 aromatic heterocycles. The van der Waals surface area contributed by atoms with Crippen molar-refractivity contribution in [1.29, 1.82) is 0 Å². The molecule has 0 aliphatic heterocycles. The van der Waals surface area contributed by atoms with Crippen LogP contribution in [0.3, 0.4) is 0 Å². The van der Waals surface area contributed by atoms with E-state index in [2.05, 4.69) is 4.98 Å². The van der Waals surface area contributed by atoms with Crippen LogP contribution in [0.4, 0.5) is 8.78 Å². The van der Waals surface area contributed by atoms with Crippen molar-refractivity contribution in [3.63, 3.8) is 0 Å². The molecule has 7 heteroatoms. The highest BCUT2D eigenvalue weighted by molar-refractivity contribution is 7.91. The van der Waals surface area contributed by atoms with E-state index in [1.165, 1.54) is 0 Å². The number of hydrogen-bond donors (Lipinski definition) is 0.